The molecule has 0 unspecified atom stereocenters. The number of anilines is 1. The zero-order valence-corrected chi connectivity index (χ0v) is 11.7. The molecular formula is C13H16FN3O2S. The molecular weight excluding hydrogens is 281 g/mol. The van der Waals surface area contributed by atoms with E-state index >= 15 is 0 Å². The van der Waals surface area contributed by atoms with Gasteiger partial charge in [0.1, 0.15) is 5.82 Å². The van der Waals surface area contributed by atoms with E-state index < -0.39 is 16.0 Å². The number of hydrogen-bond donors (Lipinski definition) is 2. The molecule has 7 heteroatoms. The van der Waals surface area contributed by atoms with Crippen molar-refractivity contribution in [3.63, 3.8) is 0 Å². The molecule has 20 heavy (non-hydrogen) atoms. The van der Waals surface area contributed by atoms with E-state index in [4.69, 9.17) is 5.73 Å². The van der Waals surface area contributed by atoms with Gasteiger partial charge in [-0.3, -0.25) is 4.72 Å². The average molecular weight is 297 g/mol. The van der Waals surface area contributed by atoms with Crippen LogP contribution in [0.4, 0.5) is 10.1 Å². The Bertz CT molecular complexity index is 643. The summed E-state index contributed by atoms with van der Waals surface area (Å²) in [5.74, 6) is 4.55. The number of rotatable bonds is 3. The SMILES string of the molecule is NCC#Cc1ccc(NS(=O)(=O)N2CCCC2)cc1F. The molecule has 3 N–H and O–H groups in total. The van der Waals surface area contributed by atoms with Gasteiger partial charge < -0.3 is 5.73 Å². The number of benzene rings is 1. The van der Waals surface area contributed by atoms with Gasteiger partial charge in [0, 0.05) is 13.1 Å². The first kappa shape index (κ1) is 14.8. The second kappa shape index (κ2) is 6.22. The lowest BCUT2D eigenvalue weighted by Crippen LogP contribution is -2.33. The summed E-state index contributed by atoms with van der Waals surface area (Å²) in [7, 11) is -3.60. The van der Waals surface area contributed by atoms with Crippen LogP contribution in [0, 0.1) is 17.7 Å². The quantitative estimate of drug-likeness (QED) is 0.814. The Hall–Kier alpha value is -1.62. The fourth-order valence-electron chi connectivity index (χ4n) is 1.97. The Morgan fingerprint density at radius 3 is 2.65 bits per heavy atom. The molecule has 0 amide bonds. The van der Waals surface area contributed by atoms with Gasteiger partial charge in [0.2, 0.25) is 0 Å². The Morgan fingerprint density at radius 1 is 1.35 bits per heavy atom. The van der Waals surface area contributed by atoms with Crippen molar-refractivity contribution in [1.29, 1.82) is 0 Å². The zero-order chi connectivity index (χ0) is 14.6. The monoisotopic (exact) mass is 297 g/mol. The fraction of sp³-hybridized carbons (Fsp3) is 0.385. The lowest BCUT2D eigenvalue weighted by atomic mass is 10.2. The van der Waals surface area contributed by atoms with Gasteiger partial charge in [-0.15, -0.1) is 0 Å². The predicted molar refractivity (Wildman–Crippen MR) is 75.7 cm³/mol. The molecule has 1 heterocycles. The van der Waals surface area contributed by atoms with Gasteiger partial charge in [-0.25, -0.2) is 4.39 Å². The van der Waals surface area contributed by atoms with Crippen molar-refractivity contribution in [2.75, 3.05) is 24.4 Å². The minimum absolute atomic E-state index is 0.142. The summed E-state index contributed by atoms with van der Waals surface area (Å²) in [6.45, 7) is 1.14. The van der Waals surface area contributed by atoms with Crippen molar-refractivity contribution in [2.24, 2.45) is 5.73 Å². The van der Waals surface area contributed by atoms with Gasteiger partial charge >= 0.3 is 10.2 Å². The summed E-state index contributed by atoms with van der Waals surface area (Å²) in [4.78, 5) is 0. The van der Waals surface area contributed by atoms with Crippen LogP contribution in [-0.4, -0.2) is 32.4 Å². The highest BCUT2D eigenvalue weighted by Crippen LogP contribution is 2.18. The number of hydrogen-bond acceptors (Lipinski definition) is 3. The second-order valence-electron chi connectivity index (χ2n) is 4.41. The van der Waals surface area contributed by atoms with Crippen LogP contribution in [-0.2, 0) is 10.2 Å². The fourth-order valence-corrected chi connectivity index (χ4v) is 3.26. The number of nitrogens with zero attached hydrogens (tertiary/aromatic N) is 1. The van der Waals surface area contributed by atoms with Gasteiger partial charge in [0.05, 0.1) is 17.8 Å². The molecule has 1 aromatic rings. The highest BCUT2D eigenvalue weighted by molar-refractivity contribution is 7.90. The molecule has 1 fully saturated rings. The Kier molecular flexibility index (Phi) is 4.60. The van der Waals surface area contributed by atoms with Gasteiger partial charge in [-0.2, -0.15) is 12.7 Å². The van der Waals surface area contributed by atoms with Crippen LogP contribution in [0.5, 0.6) is 0 Å². The molecule has 0 atom stereocenters. The molecule has 5 nitrogen and oxygen atoms in total. The number of nitrogens with one attached hydrogen (secondary N) is 1. The van der Waals surface area contributed by atoms with E-state index in [9.17, 15) is 12.8 Å². The molecule has 1 saturated heterocycles. The first-order chi connectivity index (χ1) is 9.53. The lowest BCUT2D eigenvalue weighted by Gasteiger charge is -2.16. The highest BCUT2D eigenvalue weighted by atomic mass is 32.2. The predicted octanol–water partition coefficient (Wildman–Crippen LogP) is 0.888. The lowest BCUT2D eigenvalue weighted by molar-refractivity contribution is 0.482. The summed E-state index contributed by atoms with van der Waals surface area (Å²) >= 11 is 0. The molecule has 108 valence electrons. The van der Waals surface area contributed by atoms with E-state index in [1.165, 1.54) is 16.4 Å². The van der Waals surface area contributed by atoms with Crippen molar-refractivity contribution in [3.8, 4) is 11.8 Å². The topological polar surface area (TPSA) is 75.4 Å². The van der Waals surface area contributed by atoms with Crippen molar-refractivity contribution in [2.45, 2.75) is 12.8 Å². The number of nitrogens with two attached hydrogens (primary N) is 1. The normalized spacial score (nSPS) is 15.7. The summed E-state index contributed by atoms with van der Waals surface area (Å²) in [6.07, 6.45) is 1.70. The van der Waals surface area contributed by atoms with Gasteiger partial charge in [0.25, 0.3) is 0 Å². The highest BCUT2D eigenvalue weighted by Gasteiger charge is 2.25. The van der Waals surface area contributed by atoms with E-state index in [1.807, 2.05) is 0 Å². The van der Waals surface area contributed by atoms with E-state index in [-0.39, 0.29) is 17.8 Å². The molecule has 2 rings (SSSR count). The first-order valence-electron chi connectivity index (χ1n) is 6.29. The molecule has 0 spiro atoms. The third kappa shape index (κ3) is 3.48. The van der Waals surface area contributed by atoms with E-state index in [0.717, 1.165) is 18.9 Å². The van der Waals surface area contributed by atoms with E-state index in [1.54, 1.807) is 0 Å². The van der Waals surface area contributed by atoms with Crippen molar-refractivity contribution in [3.05, 3.63) is 29.6 Å². The van der Waals surface area contributed by atoms with E-state index in [0.29, 0.717) is 13.1 Å². The standard InChI is InChI=1S/C13H16FN3O2S/c14-13-10-12(6-5-11(13)4-3-7-15)16-20(18,19)17-8-1-2-9-17/h5-6,10,16H,1-2,7-9,15H2. The summed E-state index contributed by atoms with van der Waals surface area (Å²) in [5.41, 5.74) is 5.60. The van der Waals surface area contributed by atoms with Crippen LogP contribution in [0.1, 0.15) is 18.4 Å². The van der Waals surface area contributed by atoms with E-state index in [2.05, 4.69) is 16.6 Å². The Balaban J connectivity index is 2.16. The minimum Gasteiger partial charge on any atom is -0.320 e. The third-order valence-corrected chi connectivity index (χ3v) is 4.48. The van der Waals surface area contributed by atoms with Crippen LogP contribution in [0.2, 0.25) is 0 Å². The largest absolute Gasteiger partial charge is 0.320 e. The molecule has 0 bridgehead atoms. The third-order valence-electron chi connectivity index (χ3n) is 2.95. The minimum atomic E-state index is -3.60. The summed E-state index contributed by atoms with van der Waals surface area (Å²) < 4.78 is 41.5. The zero-order valence-electron chi connectivity index (χ0n) is 10.9. The number of halogens is 1. The molecule has 0 radical (unpaired) electrons. The van der Waals surface area contributed by atoms with Crippen molar-refractivity contribution < 1.29 is 12.8 Å². The second-order valence-corrected chi connectivity index (χ2v) is 6.08. The Labute approximate surface area is 118 Å². The molecule has 1 aromatic carbocycles. The van der Waals surface area contributed by atoms with Crippen LogP contribution in [0.25, 0.3) is 0 Å². The molecule has 1 aliphatic rings. The maximum atomic E-state index is 13.7. The molecule has 0 aliphatic carbocycles. The van der Waals surface area contributed by atoms with Crippen LogP contribution >= 0.6 is 0 Å². The maximum Gasteiger partial charge on any atom is 0.301 e. The first-order valence-corrected chi connectivity index (χ1v) is 7.73. The molecule has 1 aliphatic heterocycles. The van der Waals surface area contributed by atoms with Crippen LogP contribution in [0.3, 0.4) is 0 Å². The molecule has 0 aromatic heterocycles. The van der Waals surface area contributed by atoms with Gasteiger partial charge in [-0.05, 0) is 31.0 Å². The smallest absolute Gasteiger partial charge is 0.301 e. The van der Waals surface area contributed by atoms with Gasteiger partial charge in [-0.1, -0.05) is 11.8 Å². The van der Waals surface area contributed by atoms with Gasteiger partial charge in [0.15, 0.2) is 0 Å². The van der Waals surface area contributed by atoms with Crippen LogP contribution in [0.15, 0.2) is 18.2 Å². The Morgan fingerprint density at radius 2 is 2.05 bits per heavy atom. The van der Waals surface area contributed by atoms with Crippen LogP contribution < -0.4 is 10.5 Å². The maximum absolute atomic E-state index is 13.7. The van der Waals surface area contributed by atoms with Crippen molar-refractivity contribution in [1.82, 2.24) is 4.31 Å². The average Bonchev–Trinajstić information content (AvgIpc) is 2.92. The summed E-state index contributed by atoms with van der Waals surface area (Å²) in [6, 6.07) is 4.03. The molecule has 0 saturated carbocycles. The summed E-state index contributed by atoms with van der Waals surface area (Å²) in [5, 5.41) is 0. The van der Waals surface area contributed by atoms with Crippen molar-refractivity contribution >= 4 is 15.9 Å².